The van der Waals surface area contributed by atoms with E-state index in [0.717, 1.165) is 0 Å². The molecular formula is C7H5O2Y-. The molecule has 1 N–H and O–H groups in total. The number of aromatic carboxylic acids is 1. The molecule has 0 aliphatic carbocycles. The van der Waals surface area contributed by atoms with Gasteiger partial charge >= 0.3 is 0 Å². The summed E-state index contributed by atoms with van der Waals surface area (Å²) in [5.41, 5.74) is 0.275. The van der Waals surface area contributed by atoms with Gasteiger partial charge in [0, 0.05) is 32.7 Å². The zero-order valence-electron chi connectivity index (χ0n) is 5.24. The minimum atomic E-state index is -0.910. The Labute approximate surface area is 84.1 Å². The first kappa shape index (κ1) is 9.79. The molecule has 0 aromatic heterocycles. The van der Waals surface area contributed by atoms with Crippen molar-refractivity contribution in [3.8, 4) is 0 Å². The minimum Gasteiger partial charge on any atom is -0.487 e. The Bertz CT molecular complexity index is 208. The van der Waals surface area contributed by atoms with E-state index in [1.165, 1.54) is 12.1 Å². The average molecular weight is 210 g/mol. The number of hydrogen-bond acceptors (Lipinski definition) is 1. The molecule has 10 heavy (non-hydrogen) atoms. The third-order valence-electron chi connectivity index (χ3n) is 0.954. The maximum atomic E-state index is 10.2. The summed E-state index contributed by atoms with van der Waals surface area (Å²) in [6.07, 6.45) is 0. The number of carboxylic acids is 1. The second-order valence-corrected chi connectivity index (χ2v) is 1.60. The van der Waals surface area contributed by atoms with Gasteiger partial charge in [-0.05, 0) is 0 Å². The molecule has 0 heterocycles. The molecule has 2 nitrogen and oxygen atoms in total. The van der Waals surface area contributed by atoms with Crippen molar-refractivity contribution in [2.45, 2.75) is 0 Å². The van der Waals surface area contributed by atoms with Crippen molar-refractivity contribution in [1.82, 2.24) is 0 Å². The molecule has 1 aromatic rings. The Kier molecular flexibility index (Phi) is 4.49. The van der Waals surface area contributed by atoms with E-state index in [1.54, 1.807) is 12.1 Å². The van der Waals surface area contributed by atoms with Gasteiger partial charge in [-0.2, -0.15) is 30.3 Å². The summed E-state index contributed by atoms with van der Waals surface area (Å²) in [5.74, 6) is -0.910. The van der Waals surface area contributed by atoms with E-state index in [0.29, 0.717) is 0 Å². The van der Waals surface area contributed by atoms with Crippen LogP contribution in [0, 0.1) is 6.07 Å². The van der Waals surface area contributed by atoms with Gasteiger partial charge < -0.3 is 5.11 Å². The predicted octanol–water partition coefficient (Wildman–Crippen LogP) is 1.18. The molecule has 0 saturated heterocycles. The van der Waals surface area contributed by atoms with Gasteiger partial charge in [0.05, 0.1) is 0 Å². The smallest absolute Gasteiger partial charge is 0.278 e. The summed E-state index contributed by atoms with van der Waals surface area (Å²) >= 11 is 0. The Morgan fingerprint density at radius 2 is 2.30 bits per heavy atom. The van der Waals surface area contributed by atoms with E-state index < -0.39 is 5.97 Å². The number of benzene rings is 1. The monoisotopic (exact) mass is 210 g/mol. The van der Waals surface area contributed by atoms with E-state index in [1.807, 2.05) is 0 Å². The van der Waals surface area contributed by atoms with Crippen LogP contribution in [-0.4, -0.2) is 11.1 Å². The Balaban J connectivity index is 0.000000810. The third-order valence-corrected chi connectivity index (χ3v) is 0.954. The van der Waals surface area contributed by atoms with E-state index in [-0.39, 0.29) is 38.3 Å². The summed E-state index contributed by atoms with van der Waals surface area (Å²) in [6.45, 7) is 0. The second-order valence-electron chi connectivity index (χ2n) is 1.60. The largest absolute Gasteiger partial charge is 0.487 e. The summed E-state index contributed by atoms with van der Waals surface area (Å²) in [4.78, 5) is 10.2. The van der Waals surface area contributed by atoms with Crippen LogP contribution in [0.1, 0.15) is 10.4 Å². The topological polar surface area (TPSA) is 37.3 Å². The van der Waals surface area contributed by atoms with Gasteiger partial charge in [-0.1, -0.05) is 5.56 Å². The zero-order chi connectivity index (χ0) is 6.69. The molecular weight excluding hydrogens is 205 g/mol. The molecule has 1 aromatic carbocycles. The Morgan fingerprint density at radius 1 is 1.60 bits per heavy atom. The van der Waals surface area contributed by atoms with Crippen LogP contribution in [0.4, 0.5) is 0 Å². The van der Waals surface area contributed by atoms with Crippen molar-refractivity contribution >= 4 is 5.97 Å². The molecule has 0 atom stereocenters. The van der Waals surface area contributed by atoms with Gasteiger partial charge in [0.15, 0.2) is 0 Å². The van der Waals surface area contributed by atoms with Crippen LogP contribution in [0.5, 0.6) is 0 Å². The van der Waals surface area contributed by atoms with Gasteiger partial charge in [0.2, 0.25) is 0 Å². The van der Waals surface area contributed by atoms with Gasteiger partial charge in [-0.15, -0.1) is 0 Å². The zero-order valence-corrected chi connectivity index (χ0v) is 8.08. The summed E-state index contributed by atoms with van der Waals surface area (Å²) in [5, 5.41) is 8.36. The fraction of sp³-hybridized carbons (Fsp3) is 0. The van der Waals surface area contributed by atoms with Gasteiger partial charge in [0.25, 0.3) is 5.97 Å². The fourth-order valence-electron chi connectivity index (χ4n) is 0.526. The molecule has 49 valence electrons. The van der Waals surface area contributed by atoms with Crippen molar-refractivity contribution < 1.29 is 42.6 Å². The van der Waals surface area contributed by atoms with E-state index >= 15 is 0 Å². The normalized spacial score (nSPS) is 8.00. The number of carboxylic acid groups (broad SMARTS) is 1. The van der Waals surface area contributed by atoms with E-state index in [2.05, 4.69) is 6.07 Å². The van der Waals surface area contributed by atoms with Crippen LogP contribution >= 0.6 is 0 Å². The molecule has 0 aliphatic rings. The summed E-state index contributed by atoms with van der Waals surface area (Å²) in [6, 6.07) is 8.92. The van der Waals surface area contributed by atoms with Crippen molar-refractivity contribution in [3.63, 3.8) is 0 Å². The Hall–Kier alpha value is -0.206. The second kappa shape index (κ2) is 4.58. The first-order valence-electron chi connectivity index (χ1n) is 2.50. The maximum Gasteiger partial charge on any atom is 0.278 e. The fourth-order valence-corrected chi connectivity index (χ4v) is 0.526. The molecule has 0 saturated carbocycles. The summed E-state index contributed by atoms with van der Waals surface area (Å²) < 4.78 is 0. The third kappa shape index (κ3) is 2.59. The predicted molar refractivity (Wildman–Crippen MR) is 32.2 cm³/mol. The van der Waals surface area contributed by atoms with Crippen molar-refractivity contribution in [2.24, 2.45) is 0 Å². The quantitative estimate of drug-likeness (QED) is 0.706. The number of rotatable bonds is 1. The first-order chi connectivity index (χ1) is 4.30. The van der Waals surface area contributed by atoms with Gasteiger partial charge in [-0.25, -0.2) is 0 Å². The van der Waals surface area contributed by atoms with Crippen molar-refractivity contribution in [1.29, 1.82) is 0 Å². The van der Waals surface area contributed by atoms with Crippen LogP contribution in [0.2, 0.25) is 0 Å². The van der Waals surface area contributed by atoms with Crippen LogP contribution in [0.3, 0.4) is 0 Å². The molecule has 0 amide bonds. The SMILES string of the molecule is O=C(O)c1c[c-]ccc1.[Y]. The molecule has 0 fully saturated rings. The maximum absolute atomic E-state index is 10.2. The van der Waals surface area contributed by atoms with Crippen LogP contribution in [0.15, 0.2) is 24.3 Å². The molecule has 3 heteroatoms. The molecule has 0 spiro atoms. The van der Waals surface area contributed by atoms with E-state index in [4.69, 9.17) is 5.11 Å². The number of hydrogen-bond donors (Lipinski definition) is 1. The standard InChI is InChI=1S/C7H5O2.Y/c8-7(9)6-4-2-1-3-5-6;/h1-2,4-5H,(H,8,9);/q-1;. The van der Waals surface area contributed by atoms with Gasteiger partial charge in [0.1, 0.15) is 0 Å². The number of carbonyl (C=O) groups is 1. The molecule has 0 aliphatic heterocycles. The molecule has 1 radical (unpaired) electrons. The minimum absolute atomic E-state index is 0. The van der Waals surface area contributed by atoms with Gasteiger partial charge in [-0.3, -0.25) is 4.79 Å². The molecule has 0 bridgehead atoms. The van der Waals surface area contributed by atoms with Crippen LogP contribution < -0.4 is 0 Å². The first-order valence-corrected chi connectivity index (χ1v) is 2.50. The van der Waals surface area contributed by atoms with Crippen LogP contribution in [0.25, 0.3) is 0 Å². The van der Waals surface area contributed by atoms with E-state index in [9.17, 15) is 4.79 Å². The van der Waals surface area contributed by atoms with Crippen molar-refractivity contribution in [3.05, 3.63) is 35.9 Å². The molecule has 0 unspecified atom stereocenters. The summed E-state index contributed by atoms with van der Waals surface area (Å²) in [7, 11) is 0. The molecule has 1 rings (SSSR count). The van der Waals surface area contributed by atoms with Crippen LogP contribution in [-0.2, 0) is 32.7 Å². The average Bonchev–Trinajstić information content (AvgIpc) is 1.90. The Morgan fingerprint density at radius 3 is 2.60 bits per heavy atom. The van der Waals surface area contributed by atoms with Crippen molar-refractivity contribution in [2.75, 3.05) is 0 Å².